The topological polar surface area (TPSA) is 46.5 Å². The summed E-state index contributed by atoms with van der Waals surface area (Å²) < 4.78 is 21.1. The number of hydrogen-bond acceptors (Lipinski definition) is 2. The van der Waals surface area contributed by atoms with E-state index < -0.39 is 5.97 Å². The van der Waals surface area contributed by atoms with Crippen molar-refractivity contribution in [2.24, 2.45) is 5.92 Å². The minimum atomic E-state index is -0.732. The molecular weight excluding hydrogens is 375 g/mol. The first kappa shape index (κ1) is 15.6. The van der Waals surface area contributed by atoms with Crippen LogP contribution in [0.4, 0.5) is 4.39 Å². The van der Waals surface area contributed by atoms with Gasteiger partial charge in [0.1, 0.15) is 17.7 Å². The molecule has 3 atom stereocenters. The van der Waals surface area contributed by atoms with E-state index in [4.69, 9.17) is 9.84 Å². The number of hydrogen-bond donors (Lipinski definition) is 1. The Bertz CT molecular complexity index is 803. The van der Waals surface area contributed by atoms with E-state index >= 15 is 0 Å². The minimum absolute atomic E-state index is 0.108. The van der Waals surface area contributed by atoms with Gasteiger partial charge < -0.3 is 9.84 Å². The summed E-state index contributed by atoms with van der Waals surface area (Å²) >= 11 is 3.47. The van der Waals surface area contributed by atoms with Gasteiger partial charge in [0.15, 0.2) is 0 Å². The zero-order valence-corrected chi connectivity index (χ0v) is 14.4. The van der Waals surface area contributed by atoms with Crippen molar-refractivity contribution >= 4 is 21.9 Å². The lowest BCUT2D eigenvalue weighted by Crippen LogP contribution is -2.06. The molecule has 3 unspecified atom stereocenters. The Morgan fingerprint density at radius 3 is 2.62 bits per heavy atom. The molecule has 0 aromatic heterocycles. The van der Waals surface area contributed by atoms with Gasteiger partial charge in [0.25, 0.3) is 0 Å². The summed E-state index contributed by atoms with van der Waals surface area (Å²) in [6.07, 6.45) is 1.96. The summed E-state index contributed by atoms with van der Waals surface area (Å²) in [5.74, 6) is -0.427. The van der Waals surface area contributed by atoms with Crippen molar-refractivity contribution in [3.05, 3.63) is 63.4 Å². The molecule has 3 nitrogen and oxygen atoms in total. The average Bonchev–Trinajstić information content (AvgIpc) is 3.26. The van der Waals surface area contributed by atoms with Crippen LogP contribution in [0.15, 0.2) is 40.9 Å². The molecule has 1 fully saturated rings. The zero-order chi connectivity index (χ0) is 16.8. The van der Waals surface area contributed by atoms with Crippen molar-refractivity contribution in [1.29, 1.82) is 0 Å². The molecule has 2 aliphatic rings. The third-order valence-electron chi connectivity index (χ3n) is 4.92. The lowest BCUT2D eigenvalue weighted by molar-refractivity contribution is -0.138. The molecule has 0 radical (unpaired) electrons. The van der Waals surface area contributed by atoms with Crippen molar-refractivity contribution < 1.29 is 19.0 Å². The molecule has 124 valence electrons. The van der Waals surface area contributed by atoms with E-state index in [9.17, 15) is 9.18 Å². The number of rotatable bonds is 4. The second-order valence-corrected chi connectivity index (χ2v) is 7.28. The van der Waals surface area contributed by atoms with E-state index in [1.165, 1.54) is 6.07 Å². The van der Waals surface area contributed by atoms with Crippen molar-refractivity contribution in [1.82, 2.24) is 0 Å². The number of carbonyl (C=O) groups is 1. The molecule has 1 N–H and O–H groups in total. The molecule has 0 aliphatic heterocycles. The standard InChI is InChI=1S/C19H16BrFO3/c20-15-6-7-16(21)18-12(15)5-8-17(18)24-11-3-1-10(2-4-11)13-9-14(13)19(22)23/h1-4,6-7,13-14,17H,5,8-9H2,(H,22,23). The zero-order valence-electron chi connectivity index (χ0n) is 12.8. The third-order valence-corrected chi connectivity index (χ3v) is 5.66. The largest absolute Gasteiger partial charge is 0.486 e. The second kappa shape index (κ2) is 5.88. The predicted molar refractivity (Wildman–Crippen MR) is 90.7 cm³/mol. The maximum Gasteiger partial charge on any atom is 0.307 e. The summed E-state index contributed by atoms with van der Waals surface area (Å²) in [7, 11) is 0. The summed E-state index contributed by atoms with van der Waals surface area (Å²) in [5.41, 5.74) is 2.65. The Morgan fingerprint density at radius 2 is 1.96 bits per heavy atom. The average molecular weight is 391 g/mol. The first-order valence-electron chi connectivity index (χ1n) is 8.01. The van der Waals surface area contributed by atoms with Crippen molar-refractivity contribution in [3.63, 3.8) is 0 Å². The third kappa shape index (κ3) is 2.71. The van der Waals surface area contributed by atoms with Crippen LogP contribution in [0.2, 0.25) is 0 Å². The fourth-order valence-corrected chi connectivity index (χ4v) is 4.09. The molecule has 1 saturated carbocycles. The predicted octanol–water partition coefficient (Wildman–Crippen LogP) is 4.84. The Balaban J connectivity index is 1.50. The minimum Gasteiger partial charge on any atom is -0.486 e. The van der Waals surface area contributed by atoms with Gasteiger partial charge in [-0.1, -0.05) is 28.1 Å². The van der Waals surface area contributed by atoms with E-state index in [-0.39, 0.29) is 23.8 Å². The van der Waals surface area contributed by atoms with Gasteiger partial charge >= 0.3 is 5.97 Å². The van der Waals surface area contributed by atoms with Gasteiger partial charge in [0, 0.05) is 10.0 Å². The van der Waals surface area contributed by atoms with Gasteiger partial charge in [-0.05, 0) is 60.6 Å². The van der Waals surface area contributed by atoms with Gasteiger partial charge in [-0.2, -0.15) is 0 Å². The number of benzene rings is 2. The smallest absolute Gasteiger partial charge is 0.307 e. The molecule has 0 saturated heterocycles. The second-order valence-electron chi connectivity index (χ2n) is 6.42. The van der Waals surface area contributed by atoms with E-state index in [1.54, 1.807) is 6.07 Å². The van der Waals surface area contributed by atoms with Gasteiger partial charge in [-0.25, -0.2) is 4.39 Å². The number of carboxylic acid groups (broad SMARTS) is 1. The number of aliphatic carboxylic acids is 1. The molecule has 0 heterocycles. The Morgan fingerprint density at radius 1 is 1.21 bits per heavy atom. The van der Waals surface area contributed by atoms with Crippen LogP contribution < -0.4 is 4.74 Å². The summed E-state index contributed by atoms with van der Waals surface area (Å²) in [6.45, 7) is 0. The molecule has 2 aromatic carbocycles. The van der Waals surface area contributed by atoms with Crippen LogP contribution in [0, 0.1) is 11.7 Å². The van der Waals surface area contributed by atoms with Crippen molar-refractivity contribution in [2.75, 3.05) is 0 Å². The first-order chi connectivity index (χ1) is 11.5. The monoisotopic (exact) mass is 390 g/mol. The lowest BCUT2D eigenvalue weighted by atomic mass is 10.1. The van der Waals surface area contributed by atoms with Crippen LogP contribution in [-0.2, 0) is 11.2 Å². The number of carboxylic acids is 1. The van der Waals surface area contributed by atoms with Gasteiger partial charge in [0.05, 0.1) is 5.92 Å². The quantitative estimate of drug-likeness (QED) is 0.811. The van der Waals surface area contributed by atoms with Crippen LogP contribution in [0.25, 0.3) is 0 Å². The SMILES string of the molecule is O=C(O)C1CC1c1ccc(OC2CCc3c(Br)ccc(F)c32)cc1. The van der Waals surface area contributed by atoms with E-state index in [0.29, 0.717) is 17.7 Å². The highest BCUT2D eigenvalue weighted by Crippen LogP contribution is 2.48. The van der Waals surface area contributed by atoms with E-state index in [2.05, 4.69) is 15.9 Å². The van der Waals surface area contributed by atoms with Crippen molar-refractivity contribution in [2.45, 2.75) is 31.3 Å². The first-order valence-corrected chi connectivity index (χ1v) is 8.80. The molecule has 24 heavy (non-hydrogen) atoms. The molecule has 2 aromatic rings. The van der Waals surface area contributed by atoms with Crippen LogP contribution in [0.5, 0.6) is 5.75 Å². The van der Waals surface area contributed by atoms with Crippen LogP contribution in [-0.4, -0.2) is 11.1 Å². The molecule has 0 bridgehead atoms. The summed E-state index contributed by atoms with van der Waals surface area (Å²) in [4.78, 5) is 11.0. The maximum atomic E-state index is 14.2. The van der Waals surface area contributed by atoms with Crippen LogP contribution in [0.3, 0.4) is 0 Å². The number of fused-ring (bicyclic) bond motifs is 1. The number of halogens is 2. The molecule has 0 amide bonds. The van der Waals surface area contributed by atoms with Gasteiger partial charge in [-0.3, -0.25) is 4.79 Å². The molecule has 2 aliphatic carbocycles. The van der Waals surface area contributed by atoms with Gasteiger partial charge in [-0.15, -0.1) is 0 Å². The normalized spacial score (nSPS) is 24.5. The van der Waals surface area contributed by atoms with Crippen LogP contribution >= 0.6 is 15.9 Å². The molecular formula is C19H16BrFO3. The highest BCUT2D eigenvalue weighted by Gasteiger charge is 2.44. The Labute approximate surface area is 147 Å². The summed E-state index contributed by atoms with van der Waals surface area (Å²) in [5, 5.41) is 9.01. The Hall–Kier alpha value is -1.88. The highest BCUT2D eigenvalue weighted by molar-refractivity contribution is 9.10. The molecule has 5 heteroatoms. The maximum absolute atomic E-state index is 14.2. The van der Waals surface area contributed by atoms with Crippen LogP contribution in [0.1, 0.15) is 41.6 Å². The summed E-state index contributed by atoms with van der Waals surface area (Å²) in [6, 6.07) is 10.7. The Kier molecular flexibility index (Phi) is 3.83. The van der Waals surface area contributed by atoms with Crippen molar-refractivity contribution in [3.8, 4) is 5.75 Å². The molecule has 0 spiro atoms. The fraction of sp³-hybridized carbons (Fsp3) is 0.316. The van der Waals surface area contributed by atoms with Gasteiger partial charge in [0.2, 0.25) is 0 Å². The lowest BCUT2D eigenvalue weighted by Gasteiger charge is -2.16. The van der Waals surface area contributed by atoms with E-state index in [0.717, 1.165) is 28.4 Å². The molecule has 4 rings (SSSR count). The highest BCUT2D eigenvalue weighted by atomic mass is 79.9. The van der Waals surface area contributed by atoms with E-state index in [1.807, 2.05) is 24.3 Å². The number of ether oxygens (including phenoxy) is 1. The fourth-order valence-electron chi connectivity index (χ4n) is 3.54.